The number of sulfone groups is 1. The zero-order chi connectivity index (χ0) is 22.6. The molecule has 31 heavy (non-hydrogen) atoms. The molecule has 0 saturated carbocycles. The van der Waals surface area contributed by atoms with Crippen LogP contribution in [-0.2, 0) is 27.9 Å². The van der Waals surface area contributed by atoms with Gasteiger partial charge in [0.2, 0.25) is 5.91 Å². The van der Waals surface area contributed by atoms with E-state index in [9.17, 15) is 26.4 Å². The molecule has 1 fully saturated rings. The quantitative estimate of drug-likeness (QED) is 0.603. The molecule has 0 atom stereocenters. The van der Waals surface area contributed by atoms with Crippen LogP contribution in [0, 0.1) is 0 Å². The first-order valence-electron chi connectivity index (χ1n) is 9.46. The number of alkyl halides is 3. The van der Waals surface area contributed by atoms with Crippen molar-refractivity contribution in [2.24, 2.45) is 7.05 Å². The summed E-state index contributed by atoms with van der Waals surface area (Å²) in [6.07, 6.45) is -1.18. The Morgan fingerprint density at radius 2 is 1.90 bits per heavy atom. The number of carbonyl (C=O) groups excluding carboxylic acids is 1. The summed E-state index contributed by atoms with van der Waals surface area (Å²) >= 11 is 0. The van der Waals surface area contributed by atoms with Crippen molar-refractivity contribution in [1.82, 2.24) is 19.5 Å². The number of fused-ring (bicyclic) bond motifs is 1. The molecule has 4 heterocycles. The first-order chi connectivity index (χ1) is 14.5. The van der Waals surface area contributed by atoms with E-state index in [1.165, 1.54) is 28.7 Å². The van der Waals surface area contributed by atoms with Gasteiger partial charge in [0.05, 0.1) is 39.8 Å². The van der Waals surface area contributed by atoms with Crippen LogP contribution in [0.15, 0.2) is 29.4 Å². The van der Waals surface area contributed by atoms with E-state index in [1.54, 1.807) is 7.05 Å². The van der Waals surface area contributed by atoms with Gasteiger partial charge in [0.25, 0.3) is 0 Å². The third-order valence-electron chi connectivity index (χ3n) is 5.21. The lowest BCUT2D eigenvalue weighted by molar-refractivity contribution is -0.141. The van der Waals surface area contributed by atoms with E-state index in [2.05, 4.69) is 15.0 Å². The SMILES string of the molecule is CCS(=O)(=O)c1cc(N2CCCC2=O)cnc1-c1nc2cc(C(F)(F)F)ncc2n1C. The van der Waals surface area contributed by atoms with Gasteiger partial charge >= 0.3 is 6.18 Å². The third kappa shape index (κ3) is 3.64. The summed E-state index contributed by atoms with van der Waals surface area (Å²) in [5, 5.41) is 0. The number of aromatic nitrogens is 4. The standard InChI is InChI=1S/C19H18F3N5O3S/c1-3-31(29,30)14-7-11(27-6-4-5-16(27)28)9-24-17(14)18-25-12-8-15(19(20,21)22)23-10-13(12)26(18)2/h7-10H,3-6H2,1-2H3. The van der Waals surface area contributed by atoms with Gasteiger partial charge in [0.15, 0.2) is 15.7 Å². The van der Waals surface area contributed by atoms with Crippen molar-refractivity contribution in [2.45, 2.75) is 30.8 Å². The Labute approximate surface area is 175 Å². The van der Waals surface area contributed by atoms with Gasteiger partial charge in [-0.1, -0.05) is 6.92 Å². The normalized spacial score (nSPS) is 15.3. The second kappa shape index (κ2) is 7.29. The number of amides is 1. The van der Waals surface area contributed by atoms with Crippen molar-refractivity contribution in [3.63, 3.8) is 0 Å². The number of hydrogen-bond donors (Lipinski definition) is 0. The molecule has 0 spiro atoms. The van der Waals surface area contributed by atoms with Crippen molar-refractivity contribution < 1.29 is 26.4 Å². The maximum Gasteiger partial charge on any atom is 0.433 e. The zero-order valence-corrected chi connectivity index (χ0v) is 17.5. The molecule has 164 valence electrons. The van der Waals surface area contributed by atoms with Gasteiger partial charge in [0, 0.05) is 20.0 Å². The summed E-state index contributed by atoms with van der Waals surface area (Å²) in [4.78, 5) is 25.4. The number of halogens is 3. The van der Waals surface area contributed by atoms with E-state index in [1.807, 2.05) is 0 Å². The van der Waals surface area contributed by atoms with Crippen LogP contribution in [0.3, 0.4) is 0 Å². The molecule has 1 aliphatic heterocycles. The van der Waals surface area contributed by atoms with Gasteiger partial charge in [-0.2, -0.15) is 13.2 Å². The van der Waals surface area contributed by atoms with E-state index in [0.717, 1.165) is 12.3 Å². The highest BCUT2D eigenvalue weighted by atomic mass is 32.2. The average Bonchev–Trinajstić information content (AvgIpc) is 3.30. The molecule has 0 N–H and O–H groups in total. The Hall–Kier alpha value is -3.02. The maximum atomic E-state index is 13.0. The summed E-state index contributed by atoms with van der Waals surface area (Å²) in [5.41, 5.74) is -0.423. The Balaban J connectivity index is 1.92. The van der Waals surface area contributed by atoms with Crippen molar-refractivity contribution in [2.75, 3.05) is 17.2 Å². The Kier molecular flexibility index (Phi) is 4.99. The van der Waals surface area contributed by atoms with Crippen LogP contribution in [0.1, 0.15) is 25.5 Å². The molecule has 1 amide bonds. The second-order valence-corrected chi connectivity index (χ2v) is 9.39. The number of nitrogens with zero attached hydrogens (tertiary/aromatic N) is 5. The number of carbonyl (C=O) groups is 1. The van der Waals surface area contributed by atoms with Crippen LogP contribution in [0.25, 0.3) is 22.6 Å². The molecule has 0 bridgehead atoms. The highest BCUT2D eigenvalue weighted by Crippen LogP contribution is 2.34. The lowest BCUT2D eigenvalue weighted by Crippen LogP contribution is -2.24. The molecule has 4 rings (SSSR count). The molecule has 3 aromatic rings. The Morgan fingerprint density at radius 3 is 2.52 bits per heavy atom. The fraction of sp³-hybridized carbons (Fsp3) is 0.368. The van der Waals surface area contributed by atoms with E-state index in [0.29, 0.717) is 30.6 Å². The first-order valence-corrected chi connectivity index (χ1v) is 11.1. The highest BCUT2D eigenvalue weighted by Gasteiger charge is 2.33. The number of imidazole rings is 1. The summed E-state index contributed by atoms with van der Waals surface area (Å²) in [5.74, 6) is -0.256. The van der Waals surface area contributed by atoms with Crippen molar-refractivity contribution in [3.8, 4) is 11.5 Å². The summed E-state index contributed by atoms with van der Waals surface area (Å²) < 4.78 is 66.1. The number of aryl methyl sites for hydroxylation is 1. The van der Waals surface area contributed by atoms with Crippen LogP contribution < -0.4 is 4.90 Å². The molecule has 8 nitrogen and oxygen atoms in total. The number of hydrogen-bond acceptors (Lipinski definition) is 6. The van der Waals surface area contributed by atoms with Crippen LogP contribution in [0.4, 0.5) is 18.9 Å². The first kappa shape index (κ1) is 21.2. The molecule has 1 aliphatic rings. The molecule has 0 aliphatic carbocycles. The fourth-order valence-electron chi connectivity index (χ4n) is 3.52. The monoisotopic (exact) mass is 453 g/mol. The topological polar surface area (TPSA) is 98.1 Å². The van der Waals surface area contributed by atoms with E-state index < -0.39 is 21.7 Å². The summed E-state index contributed by atoms with van der Waals surface area (Å²) in [7, 11) is -2.24. The fourth-order valence-corrected chi connectivity index (χ4v) is 4.57. The van der Waals surface area contributed by atoms with Crippen LogP contribution in [0.5, 0.6) is 0 Å². The maximum absolute atomic E-state index is 13.0. The number of pyridine rings is 2. The number of rotatable bonds is 4. The largest absolute Gasteiger partial charge is 0.433 e. The minimum atomic E-state index is -4.63. The van der Waals surface area contributed by atoms with Crippen molar-refractivity contribution in [3.05, 3.63) is 30.2 Å². The molecule has 0 aromatic carbocycles. The predicted octanol–water partition coefficient (Wildman–Crippen LogP) is 2.97. The minimum Gasteiger partial charge on any atom is -0.324 e. The Morgan fingerprint density at radius 1 is 1.16 bits per heavy atom. The van der Waals surface area contributed by atoms with Gasteiger partial charge in [0.1, 0.15) is 11.4 Å². The minimum absolute atomic E-state index is 0.00417. The second-order valence-electron chi connectivity index (χ2n) is 7.14. The van der Waals surface area contributed by atoms with Crippen LogP contribution >= 0.6 is 0 Å². The smallest absolute Gasteiger partial charge is 0.324 e. The summed E-state index contributed by atoms with van der Waals surface area (Å²) in [6, 6.07) is 2.19. The molecule has 0 radical (unpaired) electrons. The van der Waals surface area contributed by atoms with E-state index in [-0.39, 0.29) is 33.6 Å². The highest BCUT2D eigenvalue weighted by molar-refractivity contribution is 7.91. The van der Waals surface area contributed by atoms with Crippen LogP contribution in [0.2, 0.25) is 0 Å². The average molecular weight is 453 g/mol. The summed E-state index contributed by atoms with van der Waals surface area (Å²) in [6.45, 7) is 1.94. The van der Waals surface area contributed by atoms with Gasteiger partial charge in [-0.25, -0.2) is 23.4 Å². The third-order valence-corrected chi connectivity index (χ3v) is 6.95. The molecular formula is C19H18F3N5O3S. The van der Waals surface area contributed by atoms with Gasteiger partial charge < -0.3 is 9.47 Å². The lowest BCUT2D eigenvalue weighted by Gasteiger charge is -2.17. The predicted molar refractivity (Wildman–Crippen MR) is 106 cm³/mol. The molecular weight excluding hydrogens is 435 g/mol. The molecule has 1 saturated heterocycles. The zero-order valence-electron chi connectivity index (χ0n) is 16.6. The van der Waals surface area contributed by atoms with Crippen molar-refractivity contribution >= 4 is 32.5 Å². The van der Waals surface area contributed by atoms with Crippen molar-refractivity contribution in [1.29, 1.82) is 0 Å². The molecule has 12 heteroatoms. The Bertz CT molecular complexity index is 1300. The number of anilines is 1. The van der Waals surface area contributed by atoms with Gasteiger partial charge in [-0.05, 0) is 18.6 Å². The molecule has 0 unspecified atom stereocenters. The van der Waals surface area contributed by atoms with E-state index >= 15 is 0 Å². The van der Waals surface area contributed by atoms with E-state index in [4.69, 9.17) is 0 Å². The van der Waals surface area contributed by atoms with Gasteiger partial charge in [-0.3, -0.25) is 4.79 Å². The lowest BCUT2D eigenvalue weighted by atomic mass is 10.3. The molecule has 3 aromatic heterocycles. The van der Waals surface area contributed by atoms with Gasteiger partial charge in [-0.15, -0.1) is 0 Å². The van der Waals surface area contributed by atoms with Crippen LogP contribution in [-0.4, -0.2) is 46.1 Å².